The van der Waals surface area contributed by atoms with Gasteiger partial charge in [0.15, 0.2) is 6.61 Å². The summed E-state index contributed by atoms with van der Waals surface area (Å²) in [6, 6.07) is 0.248. The molecule has 2 aromatic carbocycles. The van der Waals surface area contributed by atoms with E-state index < -0.39 is 187 Å². The number of nitrogens with zero attached hydrogens (tertiary/aromatic N) is 2. The lowest BCUT2D eigenvalue weighted by atomic mass is 9.94. The Bertz CT molecular complexity index is 4430. The van der Waals surface area contributed by atoms with Crippen molar-refractivity contribution in [3.05, 3.63) is 65.0 Å². The Labute approximate surface area is 827 Å². The lowest BCUT2D eigenvalue weighted by molar-refractivity contribution is -0.144. The zero-order valence-electron chi connectivity index (χ0n) is 81.5. The lowest BCUT2D eigenvalue weighted by Crippen LogP contribution is -2.61. The zero-order valence-corrected chi connectivity index (χ0v) is 84.8. The maximum atomic E-state index is 15.3. The van der Waals surface area contributed by atoms with Gasteiger partial charge in [0.25, 0.3) is 5.91 Å². The molecule has 20 N–H and O–H groups in total. The minimum atomic E-state index is -2.34. The SMILES string of the molecule is CCCCCC(C)(C)SC/C(CSC)=N/OCC(=O)N[C@@H](CC(C)C)C(=O)NCC(=O)Nc1ccc(COC(=O)NC/C(N)=C/NCCOCCOCCOCCOCCOCCOCCOCCSCc2c(OC)ccc3c4c([nH]c23)S(=O)C[C@@H](NC(=O)CNC(=O)[C@@H](NC(=O)CNC=O)[C@@H](C)CC)C(=O)NC(CC(N)=O)C(=O)N2C[C@H](O)C[C@H]2C(=O)NC([C@@H](C)[C@@H](O)CO)C(=O)N[C@H](C)C4)cc1. The second kappa shape index (κ2) is 66.9. The molecule has 3 heterocycles. The van der Waals surface area contributed by atoms with E-state index in [0.717, 1.165) is 23.5 Å². The van der Waals surface area contributed by atoms with E-state index in [2.05, 4.69) is 94.7 Å². The van der Waals surface area contributed by atoms with Crippen LogP contribution < -0.4 is 80.0 Å². The molecule has 0 aliphatic carbocycles. The first-order chi connectivity index (χ1) is 66.5. The fourth-order valence-corrected chi connectivity index (χ4v) is 18.1. The Balaban J connectivity index is 0.972. The summed E-state index contributed by atoms with van der Waals surface area (Å²) in [6.07, 6.45) is 4.26. The quantitative estimate of drug-likeness (QED) is 0.0154. The molecule has 1 fully saturated rings. The van der Waals surface area contributed by atoms with E-state index in [1.54, 1.807) is 75.1 Å². The van der Waals surface area contributed by atoms with Crippen LogP contribution in [-0.2, 0) is 130 Å². The van der Waals surface area contributed by atoms with Gasteiger partial charge in [-0.3, -0.25) is 61.7 Å². The van der Waals surface area contributed by atoms with Crippen molar-refractivity contribution in [2.75, 3.05) is 187 Å². The summed E-state index contributed by atoms with van der Waals surface area (Å²) in [7, 11) is -0.875. The molecule has 0 spiro atoms. The number of fused-ring (bicyclic) bond motifs is 4. The number of aromatic nitrogens is 1. The van der Waals surface area contributed by atoms with Crippen LogP contribution in [0.15, 0.2) is 58.5 Å². The molecule has 1 aromatic heterocycles. The van der Waals surface area contributed by atoms with Crippen LogP contribution in [0.1, 0.15) is 130 Å². The Morgan fingerprint density at radius 3 is 1.97 bits per heavy atom. The highest BCUT2D eigenvalue weighted by Gasteiger charge is 2.45. The number of aromatic amines is 1. The first-order valence-electron chi connectivity index (χ1n) is 46.6. The Kier molecular flexibility index (Phi) is 57.6. The van der Waals surface area contributed by atoms with Crippen molar-refractivity contribution in [3.63, 3.8) is 0 Å². The van der Waals surface area contributed by atoms with Crippen molar-refractivity contribution in [1.82, 2.24) is 68.4 Å². The molecular formula is C91H147N17O27S4. The van der Waals surface area contributed by atoms with E-state index in [-0.39, 0.29) is 68.0 Å². The maximum Gasteiger partial charge on any atom is 0.407 e. The molecule has 48 heteroatoms. The molecular weight excluding hydrogens is 1890 g/mol. The number of alkyl carbamates (subject to hydrolysis) is 1. The van der Waals surface area contributed by atoms with Gasteiger partial charge in [-0.2, -0.15) is 23.5 Å². The van der Waals surface area contributed by atoms with Crippen LogP contribution in [0.25, 0.3) is 10.9 Å². The van der Waals surface area contributed by atoms with Crippen molar-refractivity contribution in [2.24, 2.45) is 34.4 Å². The normalized spacial score (nSPS) is 18.5. The molecule has 3 unspecified atom stereocenters. The van der Waals surface area contributed by atoms with Gasteiger partial charge in [0, 0.05) is 87.8 Å². The number of anilines is 1. The number of aliphatic hydroxyl groups is 3. The van der Waals surface area contributed by atoms with Crippen LogP contribution in [0.2, 0.25) is 0 Å². The largest absolute Gasteiger partial charge is 0.496 e. The Morgan fingerprint density at radius 2 is 1.37 bits per heavy atom. The third kappa shape index (κ3) is 46.3. The fraction of sp³-hybridized carbons (Fsp3) is 0.670. The minimum absolute atomic E-state index is 0.0175. The molecule has 5 rings (SSSR count). The number of rotatable bonds is 66. The first-order valence-corrected chi connectivity index (χ1v) is 51.5. The number of hydrogen-bond donors (Lipinski definition) is 18. The number of hydrogen-bond acceptors (Lipinski definition) is 33. The topological polar surface area (TPSA) is 620 Å². The van der Waals surface area contributed by atoms with E-state index in [4.69, 9.17) is 58.9 Å². The molecule has 2 aliphatic heterocycles. The second-order valence-corrected chi connectivity index (χ2v) is 39.3. The average molecular weight is 2040 g/mol. The van der Waals surface area contributed by atoms with Crippen LogP contribution >= 0.6 is 35.3 Å². The molecule has 12 atom stereocenters. The first kappa shape index (κ1) is 120. The Morgan fingerprint density at radius 1 is 0.734 bits per heavy atom. The number of benzene rings is 2. The van der Waals surface area contributed by atoms with E-state index in [1.807, 2.05) is 31.9 Å². The molecule has 0 bridgehead atoms. The van der Waals surface area contributed by atoms with Crippen molar-refractivity contribution in [3.8, 4) is 5.75 Å². The molecule has 44 nitrogen and oxygen atoms in total. The van der Waals surface area contributed by atoms with E-state index in [0.29, 0.717) is 173 Å². The Hall–Kier alpha value is -9.70. The van der Waals surface area contributed by atoms with Crippen molar-refractivity contribution in [1.29, 1.82) is 0 Å². The summed E-state index contributed by atoms with van der Waals surface area (Å²) in [4.78, 5) is 183. The monoisotopic (exact) mass is 2040 g/mol. The predicted molar refractivity (Wildman–Crippen MR) is 526 cm³/mol. The van der Waals surface area contributed by atoms with Crippen molar-refractivity contribution < 1.29 is 129 Å². The molecule has 3 aromatic rings. The highest BCUT2D eigenvalue weighted by Crippen LogP contribution is 2.37. The number of carbonyl (C=O) groups is 13. The number of unbranched alkanes of at least 4 members (excludes halogenated alkanes) is 2. The summed E-state index contributed by atoms with van der Waals surface area (Å²) >= 11 is 4.92. The fourth-order valence-electron chi connectivity index (χ4n) is 14.2. The number of methoxy groups -OCH3 is 1. The van der Waals surface area contributed by atoms with Gasteiger partial charge in [0.2, 0.25) is 65.5 Å². The summed E-state index contributed by atoms with van der Waals surface area (Å²) in [5.41, 5.74) is 15.4. The third-order valence-corrected chi connectivity index (χ3v) is 26.3. The van der Waals surface area contributed by atoms with Crippen molar-refractivity contribution in [2.45, 2.75) is 197 Å². The van der Waals surface area contributed by atoms with Crippen LogP contribution in [0, 0.1) is 17.8 Å². The number of oxime groups is 1. The van der Waals surface area contributed by atoms with E-state index in [9.17, 15) is 77.6 Å². The number of aliphatic hydroxyl groups excluding tert-OH is 3. The van der Waals surface area contributed by atoms with Gasteiger partial charge in [-0.1, -0.05) is 98.4 Å². The lowest BCUT2D eigenvalue weighted by Gasteiger charge is -2.32. The third-order valence-electron chi connectivity index (χ3n) is 21.9. The van der Waals surface area contributed by atoms with E-state index in [1.165, 1.54) is 38.6 Å². The molecule has 2 aliphatic rings. The minimum Gasteiger partial charge on any atom is -0.496 e. The number of thioether (sulfide) groups is 3. The summed E-state index contributed by atoms with van der Waals surface area (Å²) in [5, 5.41) is 67.8. The van der Waals surface area contributed by atoms with Gasteiger partial charge < -0.3 is 148 Å². The smallest absolute Gasteiger partial charge is 0.407 e. The van der Waals surface area contributed by atoms with Gasteiger partial charge in [-0.05, 0) is 79.7 Å². The molecule has 0 radical (unpaired) electrons. The van der Waals surface area contributed by atoms with Gasteiger partial charge >= 0.3 is 6.09 Å². The number of ether oxygens (including phenoxy) is 9. The van der Waals surface area contributed by atoms with Crippen LogP contribution in [-0.4, -0.2) is 353 Å². The summed E-state index contributed by atoms with van der Waals surface area (Å²) in [5.74, 6) is -8.97. The van der Waals surface area contributed by atoms with Crippen molar-refractivity contribution >= 4 is 146 Å². The number of H-pyrrole nitrogens is 1. The number of carbonyl (C=O) groups excluding carboxylic acids is 13. The van der Waals surface area contributed by atoms with Crippen LogP contribution in [0.3, 0.4) is 0 Å². The second-order valence-electron chi connectivity index (χ2n) is 34.2. The standard InChI is InChI=1S/C91H147N17O27S4/c1-12-14-15-22-91(8,9)138-53-64(52-136-11)107-135-51-79(117)101-69(39-57(3)4)83(118)96-46-77(115)100-63-18-16-61(17-19-63)50-134-90(124)98-44-62(92)43-94-23-24-127-25-26-128-27-28-129-29-30-130-31-32-131-33-34-132-35-36-133-37-38-137-54-68-74(126-10)21-20-66-67-40-59(6)99-87(122)81(60(7)73(112)49-109)105-85(120)72-41-65(111)48-108(72)89(123)70(42-75(93)113)103-84(119)71(55-139(125)88(67)106-82(66)68)102-78(116)47-97-86(121)80(58(5)13-2)104-76(114)45-95-56-110/h16-21,43,56-60,65,69-73,80-81,94,106,109,111-112H,12-15,22-42,44-55,92H2,1-11H3,(H2,93,113)(H,95,110)(H,96,118)(H,97,121)(H,98,124)(H,99,122)(H,100,115)(H,101,117)(H,102,116)(H,103,119)(H,104,114)(H,105,120)/b62-43-,107-64+/t58-,59+,60-,65+,69-,70?,71+,72-,73-,80-,81?,139?/m0/s1. The maximum absolute atomic E-state index is 15.3. The predicted octanol–water partition coefficient (Wildman–Crippen LogP) is 0.0977. The molecule has 782 valence electrons. The van der Waals surface area contributed by atoms with Crippen LogP contribution in [0.5, 0.6) is 5.75 Å². The number of nitrogens with two attached hydrogens (primary N) is 2. The molecule has 1 saturated heterocycles. The van der Waals surface area contributed by atoms with Gasteiger partial charge in [-0.25, -0.2) is 4.79 Å². The van der Waals surface area contributed by atoms with Crippen LogP contribution in [0.4, 0.5) is 10.5 Å². The number of primary amides is 1. The average Bonchev–Trinajstić information content (AvgIpc) is 1.61. The summed E-state index contributed by atoms with van der Waals surface area (Å²) in [6.45, 7) is 18.7. The number of amides is 13. The van der Waals surface area contributed by atoms with E-state index >= 15 is 4.21 Å². The van der Waals surface area contributed by atoms with Gasteiger partial charge in [-0.15, -0.1) is 11.8 Å². The van der Waals surface area contributed by atoms with Gasteiger partial charge in [0.05, 0.1) is 179 Å². The van der Waals surface area contributed by atoms with Gasteiger partial charge in [0.1, 0.15) is 53.6 Å². The highest BCUT2D eigenvalue weighted by molar-refractivity contribution is 8.02. The zero-order chi connectivity index (χ0) is 102. The number of nitrogens with one attached hydrogen (secondary N) is 13. The molecule has 0 saturated carbocycles. The molecule has 139 heavy (non-hydrogen) atoms. The summed E-state index contributed by atoms with van der Waals surface area (Å²) < 4.78 is 66.1. The molecule has 13 amide bonds. The highest BCUT2D eigenvalue weighted by atomic mass is 32.2.